The van der Waals surface area contributed by atoms with Crippen molar-refractivity contribution in [2.45, 2.75) is 50.2 Å². The highest BCUT2D eigenvalue weighted by Crippen LogP contribution is 2.45. The van der Waals surface area contributed by atoms with Crippen molar-refractivity contribution in [3.63, 3.8) is 0 Å². The largest absolute Gasteiger partial charge is 0.465 e. The Hall–Kier alpha value is -2.57. The second kappa shape index (κ2) is 10.4. The first kappa shape index (κ1) is 24.6. The van der Waals surface area contributed by atoms with E-state index in [4.69, 9.17) is 4.74 Å². The van der Waals surface area contributed by atoms with Crippen molar-refractivity contribution in [2.24, 2.45) is 11.3 Å². The van der Waals surface area contributed by atoms with E-state index in [-0.39, 0.29) is 17.3 Å². The zero-order chi connectivity index (χ0) is 24.3. The van der Waals surface area contributed by atoms with Gasteiger partial charge in [0.15, 0.2) is 0 Å². The summed E-state index contributed by atoms with van der Waals surface area (Å²) in [4.78, 5) is 28.6. The number of benzene rings is 2. The van der Waals surface area contributed by atoms with Gasteiger partial charge >= 0.3 is 5.97 Å². The van der Waals surface area contributed by atoms with Gasteiger partial charge in [0.05, 0.1) is 12.7 Å². The molecule has 0 radical (unpaired) electrons. The summed E-state index contributed by atoms with van der Waals surface area (Å²) in [5, 5.41) is 3.27. The molecule has 0 unspecified atom stereocenters. The number of amides is 1. The Morgan fingerprint density at radius 2 is 1.71 bits per heavy atom. The fourth-order valence-electron chi connectivity index (χ4n) is 4.44. The van der Waals surface area contributed by atoms with E-state index in [1.165, 1.54) is 35.1 Å². The van der Waals surface area contributed by atoms with E-state index in [1.807, 2.05) is 60.7 Å². The number of thiophene rings is 1. The van der Waals surface area contributed by atoms with Gasteiger partial charge in [0, 0.05) is 9.77 Å². The van der Waals surface area contributed by atoms with Gasteiger partial charge in [-0.25, -0.2) is 4.79 Å². The monoisotopic (exact) mass is 493 g/mol. The molecule has 3 aromatic rings. The van der Waals surface area contributed by atoms with Crippen LogP contribution in [-0.4, -0.2) is 19.0 Å². The summed E-state index contributed by atoms with van der Waals surface area (Å²) in [5.41, 5.74) is 2.68. The number of hydrogen-bond donors (Lipinski definition) is 1. The molecule has 0 aliphatic heterocycles. The van der Waals surface area contributed by atoms with E-state index in [0.717, 1.165) is 35.3 Å². The lowest BCUT2D eigenvalue weighted by molar-refractivity contribution is -0.115. The Kier molecular flexibility index (Phi) is 7.48. The Balaban J connectivity index is 1.66. The molecule has 34 heavy (non-hydrogen) atoms. The molecular formula is C28H31NO3S2. The summed E-state index contributed by atoms with van der Waals surface area (Å²) in [6.07, 6.45) is 2.78. The first-order valence-electron chi connectivity index (χ1n) is 11.6. The first-order chi connectivity index (χ1) is 16.3. The summed E-state index contributed by atoms with van der Waals surface area (Å²) in [5.74, 6) is 0.0172. The van der Waals surface area contributed by atoms with Gasteiger partial charge in [0.25, 0.3) is 0 Å². The van der Waals surface area contributed by atoms with Crippen molar-refractivity contribution >= 4 is 40.0 Å². The topological polar surface area (TPSA) is 55.4 Å². The van der Waals surface area contributed by atoms with Crippen LogP contribution in [0, 0.1) is 11.3 Å². The molecular weight excluding hydrogens is 462 g/mol. The number of nitrogens with one attached hydrogen (secondary N) is 1. The first-order valence-corrected chi connectivity index (χ1v) is 13.3. The number of ether oxygens (including phenoxy) is 1. The molecule has 4 nitrogen and oxygen atoms in total. The van der Waals surface area contributed by atoms with Crippen LogP contribution in [0.1, 0.15) is 58.8 Å². The Bertz CT molecular complexity index is 1150. The molecule has 0 saturated carbocycles. The molecule has 0 bridgehead atoms. The van der Waals surface area contributed by atoms with Gasteiger partial charge in [0.1, 0.15) is 10.3 Å². The van der Waals surface area contributed by atoms with E-state index in [9.17, 15) is 9.59 Å². The maximum atomic E-state index is 13.6. The lowest BCUT2D eigenvalue weighted by Gasteiger charge is -2.33. The highest BCUT2D eigenvalue weighted by atomic mass is 32.2. The normalized spacial score (nSPS) is 16.4. The van der Waals surface area contributed by atoms with Crippen LogP contribution >= 0.6 is 23.1 Å². The van der Waals surface area contributed by atoms with Crippen LogP contribution in [0.4, 0.5) is 5.00 Å². The van der Waals surface area contributed by atoms with Gasteiger partial charge < -0.3 is 10.1 Å². The molecule has 1 aliphatic rings. The van der Waals surface area contributed by atoms with Crippen molar-refractivity contribution in [1.29, 1.82) is 0 Å². The molecule has 0 spiro atoms. The number of rotatable bonds is 6. The van der Waals surface area contributed by atoms with Crippen LogP contribution in [0.25, 0.3) is 0 Å². The second-order valence-corrected chi connectivity index (χ2v) is 12.0. The van der Waals surface area contributed by atoms with E-state index >= 15 is 0 Å². The molecule has 2 aromatic carbocycles. The molecule has 1 aromatic heterocycles. The summed E-state index contributed by atoms with van der Waals surface area (Å²) in [7, 11) is 1.40. The molecule has 1 aliphatic carbocycles. The zero-order valence-corrected chi connectivity index (χ0v) is 21.7. The van der Waals surface area contributed by atoms with E-state index in [1.54, 1.807) is 0 Å². The van der Waals surface area contributed by atoms with E-state index < -0.39 is 5.25 Å². The number of carbonyl (C=O) groups excluding carboxylic acids is 2. The Morgan fingerprint density at radius 3 is 2.32 bits per heavy atom. The van der Waals surface area contributed by atoms with Gasteiger partial charge in [0.2, 0.25) is 5.91 Å². The van der Waals surface area contributed by atoms with Crippen LogP contribution < -0.4 is 5.32 Å². The predicted molar refractivity (Wildman–Crippen MR) is 141 cm³/mol. The van der Waals surface area contributed by atoms with Crippen molar-refractivity contribution in [1.82, 2.24) is 0 Å². The number of anilines is 1. The quantitative estimate of drug-likeness (QED) is 0.292. The number of fused-ring (bicyclic) bond motifs is 1. The third-order valence-electron chi connectivity index (χ3n) is 6.45. The molecule has 0 fully saturated rings. The standard InChI is InChI=1S/C28H31NO3S2/c1-28(2,3)19-15-16-21-22(17-19)34-26(23(21)27(31)32-4)29-25(30)24(18-11-7-5-8-12-18)33-20-13-9-6-10-14-20/h5-14,19,24H,15-17H2,1-4H3,(H,29,30)/t19-,24-/m1/s1. The molecule has 1 N–H and O–H groups in total. The number of thioether (sulfide) groups is 1. The maximum Gasteiger partial charge on any atom is 0.341 e. The van der Waals surface area contributed by atoms with Gasteiger partial charge in [-0.15, -0.1) is 23.1 Å². The lowest BCUT2D eigenvalue weighted by Crippen LogP contribution is -2.26. The SMILES string of the molecule is COC(=O)c1c(NC(=O)[C@H](Sc2ccccc2)c2ccccc2)sc2c1CC[C@@H](C(C)(C)C)C2. The Labute approximate surface area is 210 Å². The molecule has 178 valence electrons. The third-order valence-corrected chi connectivity index (χ3v) is 8.89. The molecule has 0 saturated heterocycles. The van der Waals surface area contributed by atoms with Crippen molar-refractivity contribution in [3.05, 3.63) is 82.2 Å². The molecule has 1 heterocycles. The predicted octanol–water partition coefficient (Wildman–Crippen LogP) is 7.16. The van der Waals surface area contributed by atoms with Crippen LogP contribution in [0.2, 0.25) is 0 Å². The van der Waals surface area contributed by atoms with Gasteiger partial charge in [-0.1, -0.05) is 69.3 Å². The van der Waals surface area contributed by atoms with E-state index in [2.05, 4.69) is 26.1 Å². The molecule has 2 atom stereocenters. The van der Waals surface area contributed by atoms with Crippen LogP contribution in [0.3, 0.4) is 0 Å². The minimum absolute atomic E-state index is 0.142. The minimum Gasteiger partial charge on any atom is -0.465 e. The zero-order valence-electron chi connectivity index (χ0n) is 20.1. The van der Waals surface area contributed by atoms with Gasteiger partial charge in [-0.3, -0.25) is 4.79 Å². The van der Waals surface area contributed by atoms with Crippen LogP contribution in [0.5, 0.6) is 0 Å². The number of methoxy groups -OCH3 is 1. The number of carbonyl (C=O) groups is 2. The highest BCUT2D eigenvalue weighted by molar-refractivity contribution is 8.00. The lowest BCUT2D eigenvalue weighted by atomic mass is 9.72. The van der Waals surface area contributed by atoms with Crippen molar-refractivity contribution in [3.8, 4) is 0 Å². The van der Waals surface area contributed by atoms with Gasteiger partial charge in [-0.2, -0.15) is 0 Å². The van der Waals surface area contributed by atoms with Crippen molar-refractivity contribution in [2.75, 3.05) is 12.4 Å². The minimum atomic E-state index is -0.449. The number of hydrogen-bond acceptors (Lipinski definition) is 5. The average Bonchev–Trinajstić information content (AvgIpc) is 3.19. The maximum absolute atomic E-state index is 13.6. The highest BCUT2D eigenvalue weighted by Gasteiger charge is 2.35. The molecule has 4 rings (SSSR count). The fraction of sp³-hybridized carbons (Fsp3) is 0.357. The number of esters is 1. The van der Waals surface area contributed by atoms with Crippen molar-refractivity contribution < 1.29 is 14.3 Å². The summed E-state index contributed by atoms with van der Waals surface area (Å²) in [6.45, 7) is 6.81. The van der Waals surface area contributed by atoms with Gasteiger partial charge in [-0.05, 0) is 53.9 Å². The Morgan fingerprint density at radius 1 is 1.06 bits per heavy atom. The molecule has 6 heteroatoms. The smallest absolute Gasteiger partial charge is 0.341 e. The van der Waals surface area contributed by atoms with E-state index in [0.29, 0.717) is 16.5 Å². The fourth-order valence-corrected chi connectivity index (χ4v) is 6.81. The molecule has 1 amide bonds. The summed E-state index contributed by atoms with van der Waals surface area (Å²) < 4.78 is 5.13. The third kappa shape index (κ3) is 5.39. The van der Waals surface area contributed by atoms with Crippen LogP contribution in [-0.2, 0) is 22.4 Å². The second-order valence-electron chi connectivity index (χ2n) is 9.72. The summed E-state index contributed by atoms with van der Waals surface area (Å²) in [6, 6.07) is 19.7. The average molecular weight is 494 g/mol. The summed E-state index contributed by atoms with van der Waals surface area (Å²) >= 11 is 3.03. The van der Waals surface area contributed by atoms with Crippen LogP contribution in [0.15, 0.2) is 65.6 Å².